The smallest absolute Gasteiger partial charge is 0.339 e. The van der Waals surface area contributed by atoms with Crippen LogP contribution in [0.3, 0.4) is 0 Å². The van der Waals surface area contributed by atoms with Crippen LogP contribution in [0.15, 0.2) is 54.9 Å². The number of ether oxygens (including phenoxy) is 2. The summed E-state index contributed by atoms with van der Waals surface area (Å²) in [5.74, 6) is -0.167. The predicted octanol–water partition coefficient (Wildman–Crippen LogP) is 4.54. The van der Waals surface area contributed by atoms with Crippen LogP contribution in [0.1, 0.15) is 51.1 Å². The summed E-state index contributed by atoms with van der Waals surface area (Å²) in [7, 11) is 1.34. The van der Waals surface area contributed by atoms with Gasteiger partial charge in [-0.2, -0.15) is 0 Å². The molecule has 0 saturated heterocycles. The summed E-state index contributed by atoms with van der Waals surface area (Å²) in [6.45, 7) is 4.06. The fraction of sp³-hybridized carbons (Fsp3) is 0.240. The number of hydrogen-bond acceptors (Lipinski definition) is 5. The van der Waals surface area contributed by atoms with E-state index in [2.05, 4.69) is 15.3 Å². The Morgan fingerprint density at radius 2 is 2.03 bits per heavy atom. The molecule has 1 amide bonds. The van der Waals surface area contributed by atoms with Gasteiger partial charge in [-0.25, -0.2) is 9.78 Å². The van der Waals surface area contributed by atoms with Crippen LogP contribution < -0.4 is 10.1 Å². The van der Waals surface area contributed by atoms with Gasteiger partial charge < -0.3 is 24.2 Å². The number of fused-ring (bicyclic) bond motifs is 1. The van der Waals surface area contributed by atoms with E-state index in [1.165, 1.54) is 7.11 Å². The maximum Gasteiger partial charge on any atom is 0.339 e. The first-order valence-electron chi connectivity index (χ1n) is 10.8. The van der Waals surface area contributed by atoms with Gasteiger partial charge >= 0.3 is 5.97 Å². The van der Waals surface area contributed by atoms with Crippen molar-refractivity contribution in [3.05, 3.63) is 83.1 Å². The second kappa shape index (κ2) is 9.60. The second-order valence-electron chi connectivity index (χ2n) is 7.69. The number of esters is 1. The van der Waals surface area contributed by atoms with Gasteiger partial charge in [0.15, 0.2) is 0 Å². The van der Waals surface area contributed by atoms with Crippen molar-refractivity contribution in [3.63, 3.8) is 0 Å². The number of methoxy groups -OCH3 is 1. The lowest BCUT2D eigenvalue weighted by molar-refractivity contribution is 0.0599. The Balaban J connectivity index is 1.49. The largest absolute Gasteiger partial charge is 0.487 e. The van der Waals surface area contributed by atoms with E-state index in [4.69, 9.17) is 9.47 Å². The first-order chi connectivity index (χ1) is 16.0. The summed E-state index contributed by atoms with van der Waals surface area (Å²) >= 11 is 0. The third-order valence-electron chi connectivity index (χ3n) is 5.30. The van der Waals surface area contributed by atoms with Crippen molar-refractivity contribution in [2.45, 2.75) is 33.3 Å². The fourth-order valence-corrected chi connectivity index (χ4v) is 3.82. The highest BCUT2D eigenvalue weighted by Gasteiger charge is 2.24. The minimum Gasteiger partial charge on any atom is -0.487 e. The standard InChI is InChI=1S/C25H26N4O4/c1-4-8-20-22(25(31)32-3)16(2)26-23(20)24(30)28-17-9-7-10-19(13-17)33-15-18-14-29-12-6-5-11-21(29)27-18/h5-7,9-14,26H,4,8,15H2,1-3H3,(H,28,30). The van der Waals surface area contributed by atoms with Crippen LogP contribution in [-0.4, -0.2) is 33.4 Å². The predicted molar refractivity (Wildman–Crippen MR) is 125 cm³/mol. The number of aromatic nitrogens is 3. The number of aryl methyl sites for hydroxylation is 1. The molecule has 0 aliphatic carbocycles. The number of amides is 1. The van der Waals surface area contributed by atoms with Gasteiger partial charge in [-0.15, -0.1) is 0 Å². The van der Waals surface area contributed by atoms with E-state index in [0.29, 0.717) is 47.0 Å². The maximum absolute atomic E-state index is 13.0. The molecule has 0 fully saturated rings. The monoisotopic (exact) mass is 446 g/mol. The number of nitrogens with zero attached hydrogens (tertiary/aromatic N) is 2. The number of nitrogens with one attached hydrogen (secondary N) is 2. The van der Waals surface area contributed by atoms with E-state index in [1.54, 1.807) is 25.1 Å². The van der Waals surface area contributed by atoms with E-state index in [-0.39, 0.29) is 5.91 Å². The van der Waals surface area contributed by atoms with Crippen LogP contribution in [0.4, 0.5) is 5.69 Å². The van der Waals surface area contributed by atoms with Crippen LogP contribution >= 0.6 is 0 Å². The molecule has 8 heteroatoms. The third-order valence-corrected chi connectivity index (χ3v) is 5.30. The van der Waals surface area contributed by atoms with Gasteiger partial charge in [-0.1, -0.05) is 25.5 Å². The zero-order valence-electron chi connectivity index (χ0n) is 18.8. The van der Waals surface area contributed by atoms with Crippen LogP contribution in [0, 0.1) is 6.92 Å². The van der Waals surface area contributed by atoms with Gasteiger partial charge in [0, 0.05) is 29.8 Å². The number of pyridine rings is 1. The van der Waals surface area contributed by atoms with Crippen LogP contribution in [0.5, 0.6) is 5.75 Å². The molecule has 0 bridgehead atoms. The second-order valence-corrected chi connectivity index (χ2v) is 7.69. The summed E-state index contributed by atoms with van der Waals surface area (Å²) in [6.07, 6.45) is 5.22. The summed E-state index contributed by atoms with van der Waals surface area (Å²) in [4.78, 5) is 32.8. The molecule has 0 unspecified atom stereocenters. The van der Waals surface area contributed by atoms with E-state index in [9.17, 15) is 9.59 Å². The van der Waals surface area contributed by atoms with E-state index in [1.807, 2.05) is 48.0 Å². The highest BCUT2D eigenvalue weighted by Crippen LogP contribution is 2.24. The van der Waals surface area contributed by atoms with Crippen molar-refractivity contribution in [1.29, 1.82) is 0 Å². The highest BCUT2D eigenvalue weighted by atomic mass is 16.5. The molecule has 3 aromatic heterocycles. The van der Waals surface area contributed by atoms with Crippen LogP contribution in [0.2, 0.25) is 0 Å². The third kappa shape index (κ3) is 4.74. The highest BCUT2D eigenvalue weighted by molar-refractivity contribution is 6.07. The van der Waals surface area contributed by atoms with Crippen molar-refractivity contribution in [3.8, 4) is 5.75 Å². The van der Waals surface area contributed by atoms with Gasteiger partial charge in [-0.05, 0) is 43.2 Å². The van der Waals surface area contributed by atoms with Gasteiger partial charge in [-0.3, -0.25) is 4.79 Å². The number of carbonyl (C=O) groups is 2. The van der Waals surface area contributed by atoms with Crippen LogP contribution in [-0.2, 0) is 17.8 Å². The lowest BCUT2D eigenvalue weighted by Crippen LogP contribution is -2.15. The first kappa shape index (κ1) is 22.1. The molecule has 4 aromatic rings. The molecular weight excluding hydrogens is 420 g/mol. The molecule has 0 radical (unpaired) electrons. The molecule has 0 aliphatic heterocycles. The molecule has 2 N–H and O–H groups in total. The quantitative estimate of drug-likeness (QED) is 0.387. The van der Waals surface area contributed by atoms with Gasteiger partial charge in [0.05, 0.1) is 18.4 Å². The molecule has 170 valence electrons. The molecule has 0 atom stereocenters. The lowest BCUT2D eigenvalue weighted by atomic mass is 10.0. The SMILES string of the molecule is CCCc1c(C(=O)Nc2cccc(OCc3cn4ccccc4n3)c2)[nH]c(C)c1C(=O)OC. The Hall–Kier alpha value is -4.07. The molecule has 0 aliphatic rings. The minimum atomic E-state index is -0.450. The Labute approximate surface area is 191 Å². The van der Waals surface area contributed by atoms with Crippen LogP contribution in [0.25, 0.3) is 5.65 Å². The Bertz CT molecular complexity index is 1270. The average molecular weight is 447 g/mol. The van der Waals surface area contributed by atoms with Gasteiger partial charge in [0.1, 0.15) is 23.7 Å². The number of benzene rings is 1. The Morgan fingerprint density at radius 1 is 1.18 bits per heavy atom. The molecular formula is C25H26N4O4. The maximum atomic E-state index is 13.0. The zero-order valence-corrected chi connectivity index (χ0v) is 18.8. The number of aromatic amines is 1. The summed E-state index contributed by atoms with van der Waals surface area (Å²) in [5, 5.41) is 2.89. The number of hydrogen-bond donors (Lipinski definition) is 2. The van der Waals surface area contributed by atoms with Crippen molar-refractivity contribution >= 4 is 23.2 Å². The van der Waals surface area contributed by atoms with Crippen molar-refractivity contribution in [1.82, 2.24) is 14.4 Å². The fourth-order valence-electron chi connectivity index (χ4n) is 3.82. The molecule has 0 saturated carbocycles. The number of H-pyrrole nitrogens is 1. The zero-order chi connectivity index (χ0) is 23.4. The molecule has 1 aromatic carbocycles. The lowest BCUT2D eigenvalue weighted by Gasteiger charge is -2.09. The van der Waals surface area contributed by atoms with E-state index < -0.39 is 5.97 Å². The molecule has 3 heterocycles. The number of anilines is 1. The average Bonchev–Trinajstić information content (AvgIpc) is 3.38. The summed E-state index contributed by atoms with van der Waals surface area (Å²) < 4.78 is 12.7. The normalized spacial score (nSPS) is 10.9. The Morgan fingerprint density at radius 3 is 2.79 bits per heavy atom. The topological polar surface area (TPSA) is 97.7 Å². The van der Waals surface area contributed by atoms with Crippen molar-refractivity contribution < 1.29 is 19.1 Å². The Kier molecular flexibility index (Phi) is 6.44. The number of imidazole rings is 1. The van der Waals surface area contributed by atoms with E-state index >= 15 is 0 Å². The summed E-state index contributed by atoms with van der Waals surface area (Å²) in [6, 6.07) is 13.0. The minimum absolute atomic E-state index is 0.304. The van der Waals surface area contributed by atoms with Gasteiger partial charge in [0.25, 0.3) is 5.91 Å². The number of rotatable bonds is 8. The van der Waals surface area contributed by atoms with Gasteiger partial charge in [0.2, 0.25) is 0 Å². The first-order valence-corrected chi connectivity index (χ1v) is 10.8. The molecule has 4 rings (SSSR count). The van der Waals surface area contributed by atoms with Crippen molar-refractivity contribution in [2.75, 3.05) is 12.4 Å². The number of carbonyl (C=O) groups excluding carboxylic acids is 2. The van der Waals surface area contributed by atoms with E-state index in [0.717, 1.165) is 17.8 Å². The molecule has 33 heavy (non-hydrogen) atoms. The molecule has 0 spiro atoms. The van der Waals surface area contributed by atoms with Crippen molar-refractivity contribution in [2.24, 2.45) is 0 Å². The molecule has 8 nitrogen and oxygen atoms in total. The summed E-state index contributed by atoms with van der Waals surface area (Å²) in [5.41, 5.74) is 4.31.